The molecule has 24 heavy (non-hydrogen) atoms. The Morgan fingerprint density at radius 3 is 2.54 bits per heavy atom. The molecule has 0 spiro atoms. The van der Waals surface area contributed by atoms with E-state index in [0.717, 1.165) is 37.7 Å². The fourth-order valence-electron chi connectivity index (χ4n) is 3.37. The number of rotatable bonds is 4. The summed E-state index contributed by atoms with van der Waals surface area (Å²) in [6.07, 6.45) is 4.92. The van der Waals surface area contributed by atoms with E-state index in [1.807, 2.05) is 13.8 Å². The molecule has 0 bridgehead atoms. The van der Waals surface area contributed by atoms with E-state index in [1.165, 1.54) is 0 Å². The second-order valence-corrected chi connectivity index (χ2v) is 8.98. The summed E-state index contributed by atoms with van der Waals surface area (Å²) in [6.45, 7) is 4.37. The first-order valence-corrected chi connectivity index (χ1v) is 10.2. The second kappa shape index (κ2) is 6.48. The van der Waals surface area contributed by atoms with Crippen molar-refractivity contribution in [1.29, 1.82) is 0 Å². The Hall–Kier alpha value is -1.40. The van der Waals surface area contributed by atoms with Gasteiger partial charge in [-0.25, -0.2) is 8.42 Å². The molecule has 1 heterocycles. The lowest BCUT2D eigenvalue weighted by Crippen LogP contribution is -2.42. The molecule has 1 saturated heterocycles. The quantitative estimate of drug-likeness (QED) is 0.839. The van der Waals surface area contributed by atoms with Crippen LogP contribution in [-0.2, 0) is 10.0 Å². The van der Waals surface area contributed by atoms with Gasteiger partial charge in [-0.05, 0) is 57.2 Å². The Morgan fingerprint density at radius 2 is 1.92 bits per heavy atom. The molecule has 1 saturated carbocycles. The first-order valence-electron chi connectivity index (χ1n) is 8.72. The van der Waals surface area contributed by atoms with Crippen LogP contribution in [0.25, 0.3) is 0 Å². The summed E-state index contributed by atoms with van der Waals surface area (Å²) in [7, 11) is -1.75. The Bertz CT molecular complexity index is 741. The lowest BCUT2D eigenvalue weighted by Gasteiger charge is -2.32. The number of nitrogens with zero attached hydrogens (tertiary/aromatic N) is 2. The van der Waals surface area contributed by atoms with Crippen molar-refractivity contribution in [2.45, 2.75) is 62.9 Å². The number of benzene rings is 1. The Balaban J connectivity index is 1.93. The standard InChI is InChI=1S/C18H26N2O3S/c1-13-7-10-16(12-17(13)18(21)19(3)15-8-9-15)24(22,23)20-11-5-4-6-14(20)2/h7,10,12,14-15H,4-6,8-9,11H2,1-3H3. The highest BCUT2D eigenvalue weighted by molar-refractivity contribution is 7.89. The third kappa shape index (κ3) is 3.22. The van der Waals surface area contributed by atoms with Crippen molar-refractivity contribution in [2.75, 3.05) is 13.6 Å². The average Bonchev–Trinajstić information content (AvgIpc) is 3.39. The largest absolute Gasteiger partial charge is 0.339 e. The second-order valence-electron chi connectivity index (χ2n) is 7.08. The lowest BCUT2D eigenvalue weighted by molar-refractivity contribution is 0.0784. The van der Waals surface area contributed by atoms with Crippen molar-refractivity contribution in [3.63, 3.8) is 0 Å². The van der Waals surface area contributed by atoms with E-state index >= 15 is 0 Å². The number of sulfonamides is 1. The summed E-state index contributed by atoms with van der Waals surface area (Å²) in [4.78, 5) is 14.7. The molecule has 2 fully saturated rings. The van der Waals surface area contributed by atoms with Gasteiger partial charge >= 0.3 is 0 Å². The molecule has 1 aromatic rings. The number of piperidine rings is 1. The number of carbonyl (C=O) groups excluding carboxylic acids is 1. The SMILES string of the molecule is Cc1ccc(S(=O)(=O)N2CCCCC2C)cc1C(=O)N(C)C1CC1. The van der Waals surface area contributed by atoms with Crippen molar-refractivity contribution >= 4 is 15.9 Å². The van der Waals surface area contributed by atoms with E-state index < -0.39 is 10.0 Å². The van der Waals surface area contributed by atoms with Crippen LogP contribution in [-0.4, -0.2) is 49.2 Å². The van der Waals surface area contributed by atoms with E-state index in [4.69, 9.17) is 0 Å². The third-order valence-corrected chi connectivity index (χ3v) is 7.21. The molecule has 2 aliphatic rings. The molecule has 5 nitrogen and oxygen atoms in total. The molecule has 1 aliphatic heterocycles. The smallest absolute Gasteiger partial charge is 0.254 e. The molecule has 1 unspecified atom stereocenters. The minimum absolute atomic E-state index is 0.0124. The Kier molecular flexibility index (Phi) is 4.71. The molecule has 0 radical (unpaired) electrons. The Morgan fingerprint density at radius 1 is 1.21 bits per heavy atom. The summed E-state index contributed by atoms with van der Waals surface area (Å²) >= 11 is 0. The van der Waals surface area contributed by atoms with Crippen molar-refractivity contribution in [2.24, 2.45) is 0 Å². The van der Waals surface area contributed by atoms with Crippen LogP contribution in [0.3, 0.4) is 0 Å². The van der Waals surface area contributed by atoms with Gasteiger partial charge in [-0.3, -0.25) is 4.79 Å². The maximum absolute atomic E-state index is 13.0. The van der Waals surface area contributed by atoms with E-state index in [0.29, 0.717) is 18.2 Å². The summed E-state index contributed by atoms with van der Waals surface area (Å²) in [5.41, 5.74) is 1.31. The maximum Gasteiger partial charge on any atom is 0.254 e. The van der Waals surface area contributed by atoms with Gasteiger partial charge in [0.15, 0.2) is 0 Å². The van der Waals surface area contributed by atoms with E-state index in [1.54, 1.807) is 34.5 Å². The van der Waals surface area contributed by atoms with Crippen LogP contribution >= 0.6 is 0 Å². The van der Waals surface area contributed by atoms with Crippen molar-refractivity contribution in [3.8, 4) is 0 Å². The van der Waals surface area contributed by atoms with Crippen LogP contribution in [0.5, 0.6) is 0 Å². The molecule has 0 N–H and O–H groups in total. The number of amides is 1. The number of aryl methyl sites for hydroxylation is 1. The molecule has 132 valence electrons. The maximum atomic E-state index is 13.0. The molecule has 0 aromatic heterocycles. The molecule has 1 aliphatic carbocycles. The van der Waals surface area contributed by atoms with Crippen LogP contribution in [0.1, 0.15) is 54.9 Å². The average molecular weight is 350 g/mol. The van der Waals surface area contributed by atoms with Gasteiger partial charge in [0.25, 0.3) is 5.91 Å². The van der Waals surface area contributed by atoms with Gasteiger partial charge in [-0.15, -0.1) is 0 Å². The van der Waals surface area contributed by atoms with Gasteiger partial charge in [0, 0.05) is 31.2 Å². The first-order chi connectivity index (χ1) is 11.3. The highest BCUT2D eigenvalue weighted by Crippen LogP contribution is 2.29. The fraction of sp³-hybridized carbons (Fsp3) is 0.611. The molecule has 3 rings (SSSR count). The van der Waals surface area contributed by atoms with Gasteiger partial charge in [-0.1, -0.05) is 12.5 Å². The summed E-state index contributed by atoms with van der Waals surface area (Å²) in [5, 5.41) is 0. The zero-order chi connectivity index (χ0) is 17.5. The van der Waals surface area contributed by atoms with Gasteiger partial charge in [0.1, 0.15) is 0 Å². The van der Waals surface area contributed by atoms with Crippen LogP contribution in [0.15, 0.2) is 23.1 Å². The van der Waals surface area contributed by atoms with Gasteiger partial charge in [0.2, 0.25) is 10.0 Å². The van der Waals surface area contributed by atoms with Gasteiger partial charge in [0.05, 0.1) is 4.90 Å². The molecule has 1 atom stereocenters. The molecular formula is C18H26N2O3S. The van der Waals surface area contributed by atoms with E-state index in [9.17, 15) is 13.2 Å². The normalized spacial score (nSPS) is 22.4. The number of carbonyl (C=O) groups is 1. The van der Waals surface area contributed by atoms with Crippen LogP contribution in [0, 0.1) is 6.92 Å². The number of hydrogen-bond donors (Lipinski definition) is 0. The fourth-order valence-corrected chi connectivity index (χ4v) is 5.10. The first kappa shape index (κ1) is 17.4. The molecule has 1 amide bonds. The Labute approximate surface area is 144 Å². The van der Waals surface area contributed by atoms with Crippen LogP contribution in [0.4, 0.5) is 0 Å². The summed E-state index contributed by atoms with van der Waals surface area (Å²) in [6, 6.07) is 5.25. The van der Waals surface area contributed by atoms with Gasteiger partial charge in [-0.2, -0.15) is 4.31 Å². The monoisotopic (exact) mass is 350 g/mol. The zero-order valence-electron chi connectivity index (χ0n) is 14.7. The van der Waals surface area contributed by atoms with E-state index in [2.05, 4.69) is 0 Å². The molecular weight excluding hydrogens is 324 g/mol. The predicted octanol–water partition coefficient (Wildman–Crippen LogP) is 2.79. The van der Waals surface area contributed by atoms with Crippen molar-refractivity contribution < 1.29 is 13.2 Å². The predicted molar refractivity (Wildman–Crippen MR) is 93.5 cm³/mol. The zero-order valence-corrected chi connectivity index (χ0v) is 15.5. The summed E-state index contributed by atoms with van der Waals surface area (Å²) in [5.74, 6) is -0.0845. The minimum Gasteiger partial charge on any atom is -0.339 e. The molecule has 6 heteroatoms. The molecule has 1 aromatic carbocycles. The highest BCUT2D eigenvalue weighted by atomic mass is 32.2. The van der Waals surface area contributed by atoms with Crippen LogP contribution in [0.2, 0.25) is 0 Å². The van der Waals surface area contributed by atoms with Crippen molar-refractivity contribution in [3.05, 3.63) is 29.3 Å². The lowest BCUT2D eigenvalue weighted by atomic mass is 10.1. The minimum atomic E-state index is -3.55. The van der Waals surface area contributed by atoms with E-state index in [-0.39, 0.29) is 16.8 Å². The highest BCUT2D eigenvalue weighted by Gasteiger charge is 2.33. The topological polar surface area (TPSA) is 57.7 Å². The third-order valence-electron chi connectivity index (χ3n) is 5.20. The van der Waals surface area contributed by atoms with Crippen LogP contribution < -0.4 is 0 Å². The summed E-state index contributed by atoms with van der Waals surface area (Å²) < 4.78 is 27.6. The number of hydrogen-bond acceptors (Lipinski definition) is 3. The van der Waals surface area contributed by atoms with Gasteiger partial charge < -0.3 is 4.90 Å². The van der Waals surface area contributed by atoms with Crippen molar-refractivity contribution in [1.82, 2.24) is 9.21 Å².